The van der Waals surface area contributed by atoms with E-state index in [1.165, 1.54) is 25.1 Å². The van der Waals surface area contributed by atoms with Gasteiger partial charge in [-0.15, -0.1) is 0 Å². The van der Waals surface area contributed by atoms with Crippen molar-refractivity contribution in [2.45, 2.75) is 43.4 Å². The lowest BCUT2D eigenvalue weighted by Crippen LogP contribution is -2.70. The summed E-state index contributed by atoms with van der Waals surface area (Å²) in [5.41, 5.74) is -3.51. The van der Waals surface area contributed by atoms with Crippen molar-refractivity contribution in [3.63, 3.8) is 0 Å². The molecule has 11 nitrogen and oxygen atoms in total. The molecule has 1 aromatic rings. The number of likely N-dealkylation sites (tertiary alicyclic amines) is 1. The number of benzene rings is 1. The van der Waals surface area contributed by atoms with Crippen molar-refractivity contribution >= 4 is 23.2 Å². The Hall–Kier alpha value is -3.25. The van der Waals surface area contributed by atoms with Gasteiger partial charge in [0.2, 0.25) is 5.78 Å². The standard InChI is InChI=1S/C27H33N3O8/c1-12-13-7-6-8-14(31)16(13)21(32)17-15(12)22(33)19-20(29(2)3)23(34)18(25(36)27(19,38)24(17)35)26(37)28-11-30-9-4-5-10-30/h6-8,12,15,19-20,22,31-33,36,38H,4-5,9-11H2,1-3H3,(H,28,37)/t12-,15+,19+,20-,22-,27-/m0/s1. The average Bonchev–Trinajstić information content (AvgIpc) is 3.38. The molecule has 1 aromatic carbocycles. The van der Waals surface area contributed by atoms with Crippen LogP contribution in [0.5, 0.6) is 5.75 Å². The lowest BCUT2D eigenvalue weighted by Gasteiger charge is -2.53. The molecular weight excluding hydrogens is 494 g/mol. The highest BCUT2D eigenvalue weighted by Crippen LogP contribution is 2.56. The van der Waals surface area contributed by atoms with Gasteiger partial charge in [-0.3, -0.25) is 24.2 Å². The number of nitrogens with one attached hydrogen (secondary N) is 1. The van der Waals surface area contributed by atoms with E-state index in [1.54, 1.807) is 19.1 Å². The lowest BCUT2D eigenvalue weighted by molar-refractivity contribution is -0.169. The largest absolute Gasteiger partial charge is 0.508 e. The van der Waals surface area contributed by atoms with Crippen molar-refractivity contribution in [2.24, 2.45) is 11.8 Å². The highest BCUT2D eigenvalue weighted by Gasteiger charge is 2.68. The first-order chi connectivity index (χ1) is 17.9. The molecule has 0 radical (unpaired) electrons. The van der Waals surface area contributed by atoms with Crippen molar-refractivity contribution in [1.82, 2.24) is 15.1 Å². The number of rotatable bonds is 4. The Balaban J connectivity index is 1.67. The number of aromatic hydroxyl groups is 1. The van der Waals surface area contributed by atoms with Crippen LogP contribution in [0.4, 0.5) is 0 Å². The lowest BCUT2D eigenvalue weighted by atomic mass is 9.54. The van der Waals surface area contributed by atoms with Crippen LogP contribution >= 0.6 is 0 Å². The highest BCUT2D eigenvalue weighted by atomic mass is 16.4. The molecule has 38 heavy (non-hydrogen) atoms. The molecule has 0 bridgehead atoms. The Bertz CT molecular complexity index is 1280. The van der Waals surface area contributed by atoms with E-state index in [1.807, 2.05) is 4.90 Å². The van der Waals surface area contributed by atoms with Crippen molar-refractivity contribution in [3.05, 3.63) is 46.2 Å². The first-order valence-corrected chi connectivity index (χ1v) is 12.8. The Labute approximate surface area is 219 Å². The Morgan fingerprint density at radius 1 is 1.16 bits per heavy atom. The van der Waals surface area contributed by atoms with E-state index in [-0.39, 0.29) is 23.6 Å². The third-order valence-electron chi connectivity index (χ3n) is 8.64. The Kier molecular flexibility index (Phi) is 6.38. The molecule has 1 saturated carbocycles. The molecule has 1 heterocycles. The summed E-state index contributed by atoms with van der Waals surface area (Å²) in [5.74, 6) is -8.14. The van der Waals surface area contributed by atoms with Gasteiger partial charge in [-0.1, -0.05) is 19.1 Å². The molecule has 5 rings (SSSR count). The number of amides is 1. The smallest absolute Gasteiger partial charge is 0.259 e. The minimum absolute atomic E-state index is 0.00283. The number of aliphatic hydroxyl groups excluding tert-OH is 3. The summed E-state index contributed by atoms with van der Waals surface area (Å²) in [5, 5.41) is 59.0. The predicted octanol–water partition coefficient (Wildman–Crippen LogP) is 0.180. The summed E-state index contributed by atoms with van der Waals surface area (Å²) < 4.78 is 0. The van der Waals surface area contributed by atoms with Gasteiger partial charge in [0.1, 0.15) is 22.8 Å². The fourth-order valence-electron chi connectivity index (χ4n) is 6.77. The number of ketones is 2. The van der Waals surface area contributed by atoms with E-state index in [4.69, 9.17) is 0 Å². The SMILES string of the molecule is C[C@H]1c2cccc(O)c2C(O)=C2C(=O)[C@]3(O)C(O)=C(C(=O)NCN4CCCC4)C(=O)[C@@H](N(C)C)[C@@H]3[C@@H](O)[C@@H]21. The number of carbonyl (C=O) groups excluding carboxylic acids is 3. The zero-order valence-electron chi connectivity index (χ0n) is 21.5. The maximum atomic E-state index is 14.0. The molecule has 0 unspecified atom stereocenters. The van der Waals surface area contributed by atoms with Crippen molar-refractivity contribution in [3.8, 4) is 5.75 Å². The van der Waals surface area contributed by atoms with E-state index >= 15 is 0 Å². The third kappa shape index (κ3) is 3.53. The van der Waals surface area contributed by atoms with Crippen LogP contribution in [-0.2, 0) is 14.4 Å². The summed E-state index contributed by atoms with van der Waals surface area (Å²) >= 11 is 0. The minimum atomic E-state index is -2.87. The summed E-state index contributed by atoms with van der Waals surface area (Å²) in [6.07, 6.45) is 0.361. The van der Waals surface area contributed by atoms with Crippen molar-refractivity contribution in [1.29, 1.82) is 0 Å². The third-order valence-corrected chi connectivity index (χ3v) is 8.64. The first kappa shape index (κ1) is 26.4. The van der Waals surface area contributed by atoms with Gasteiger partial charge in [-0.05, 0) is 57.6 Å². The molecule has 204 valence electrons. The van der Waals surface area contributed by atoms with Gasteiger partial charge in [0.05, 0.1) is 30.3 Å². The normalized spacial score (nSPS) is 33.4. The van der Waals surface area contributed by atoms with E-state index in [2.05, 4.69) is 5.32 Å². The van der Waals surface area contributed by atoms with E-state index < -0.39 is 70.1 Å². The van der Waals surface area contributed by atoms with Crippen LogP contribution in [0.2, 0.25) is 0 Å². The van der Waals surface area contributed by atoms with Gasteiger partial charge in [-0.2, -0.15) is 0 Å². The summed E-state index contributed by atoms with van der Waals surface area (Å²) in [4.78, 5) is 44.2. The predicted molar refractivity (Wildman–Crippen MR) is 135 cm³/mol. The number of hydrogen-bond acceptors (Lipinski definition) is 10. The zero-order valence-corrected chi connectivity index (χ0v) is 21.5. The average molecular weight is 528 g/mol. The van der Waals surface area contributed by atoms with E-state index in [0.717, 1.165) is 25.9 Å². The molecule has 1 amide bonds. The van der Waals surface area contributed by atoms with Crippen LogP contribution in [0.15, 0.2) is 35.1 Å². The maximum absolute atomic E-state index is 14.0. The second-order valence-corrected chi connectivity index (χ2v) is 10.9. The van der Waals surface area contributed by atoms with E-state index in [0.29, 0.717) is 5.56 Å². The van der Waals surface area contributed by atoms with Gasteiger partial charge in [0.15, 0.2) is 11.4 Å². The molecule has 4 aliphatic rings. The highest BCUT2D eigenvalue weighted by molar-refractivity contribution is 6.25. The van der Waals surface area contributed by atoms with Crippen LogP contribution < -0.4 is 5.32 Å². The molecule has 6 atom stereocenters. The molecule has 11 heteroatoms. The van der Waals surface area contributed by atoms with Crippen LogP contribution in [0.25, 0.3) is 5.76 Å². The molecule has 1 saturated heterocycles. The molecule has 2 fully saturated rings. The number of fused-ring (bicyclic) bond motifs is 3. The number of phenolic OH excluding ortho intramolecular Hbond substituents is 1. The topological polar surface area (TPSA) is 171 Å². The Morgan fingerprint density at radius 3 is 2.45 bits per heavy atom. The summed E-state index contributed by atoms with van der Waals surface area (Å²) in [6, 6.07) is 3.24. The van der Waals surface area contributed by atoms with Gasteiger partial charge in [0, 0.05) is 11.5 Å². The van der Waals surface area contributed by atoms with E-state index in [9.17, 15) is 39.9 Å². The van der Waals surface area contributed by atoms with Gasteiger partial charge in [-0.25, -0.2) is 0 Å². The Morgan fingerprint density at radius 2 is 1.82 bits per heavy atom. The molecule has 0 aromatic heterocycles. The van der Waals surface area contributed by atoms with Crippen LogP contribution in [0.1, 0.15) is 36.8 Å². The van der Waals surface area contributed by atoms with Gasteiger partial charge in [0.25, 0.3) is 5.91 Å². The molecular formula is C27H33N3O8. The molecule has 1 aliphatic heterocycles. The number of nitrogens with zero attached hydrogens (tertiary/aromatic N) is 2. The first-order valence-electron chi connectivity index (χ1n) is 12.8. The van der Waals surface area contributed by atoms with Gasteiger partial charge >= 0.3 is 0 Å². The van der Waals surface area contributed by atoms with Crippen molar-refractivity contribution < 1.29 is 39.9 Å². The second kappa shape index (κ2) is 9.19. The number of carbonyl (C=O) groups is 3. The molecule has 6 N–H and O–H groups in total. The van der Waals surface area contributed by atoms with Gasteiger partial charge < -0.3 is 30.8 Å². The second-order valence-electron chi connectivity index (χ2n) is 10.9. The maximum Gasteiger partial charge on any atom is 0.259 e. The summed E-state index contributed by atoms with van der Waals surface area (Å²) in [6.45, 7) is 3.35. The zero-order chi connectivity index (χ0) is 27.7. The fourth-order valence-corrected chi connectivity index (χ4v) is 6.77. The van der Waals surface area contributed by atoms with Crippen LogP contribution in [0.3, 0.4) is 0 Å². The number of aliphatic hydroxyl groups is 4. The molecule has 0 spiro atoms. The van der Waals surface area contributed by atoms with Crippen LogP contribution in [-0.4, -0.2) is 104 Å². The number of phenols is 1. The summed E-state index contributed by atoms with van der Waals surface area (Å²) in [7, 11) is 3.03. The fraction of sp³-hybridized carbons (Fsp3) is 0.519. The number of hydrogen-bond donors (Lipinski definition) is 6. The molecule has 3 aliphatic carbocycles. The van der Waals surface area contributed by atoms with Crippen LogP contribution in [0, 0.1) is 11.8 Å². The monoisotopic (exact) mass is 527 g/mol. The van der Waals surface area contributed by atoms with Crippen molar-refractivity contribution in [2.75, 3.05) is 33.9 Å². The number of Topliss-reactive ketones (excluding diaryl/α,β-unsaturated/α-hetero) is 2. The quantitative estimate of drug-likeness (QED) is 0.297. The number of likely N-dealkylation sites (N-methyl/N-ethyl adjacent to an activating group) is 1. The minimum Gasteiger partial charge on any atom is -0.508 e.